The Morgan fingerprint density at radius 1 is 0.263 bits per heavy atom. The van der Waals surface area contributed by atoms with Crippen molar-refractivity contribution < 1.29 is 8.83 Å². The number of para-hydroxylation sites is 3. The monoisotopic (exact) mass is 1480 g/mol. The highest BCUT2D eigenvalue weighted by atomic mass is 16.3. The minimum absolute atomic E-state index is 0.0204. The van der Waals surface area contributed by atoms with Crippen LogP contribution in [0.1, 0.15) is 202 Å². The molecule has 560 valence electrons. The average Bonchev–Trinajstić information content (AvgIpc) is 1.50. The molecule has 0 amide bonds. The van der Waals surface area contributed by atoms with Crippen molar-refractivity contribution in [3.8, 4) is 100 Å². The molecule has 0 spiro atoms. The molecule has 0 atom stereocenters. The SMILES string of the molecule is CCCCCCCC1(CCCCCCC)c2ccccc2-c2ccc(-c3ccc4c(c3)C(C)(C)c3cc(-c5cc6c(c7c5oc5ccccc57)-c5ccc(N(c7ccc8c(c7)C(C)(C)c7c9c(c%10c(oc%11ccccc%11%10)c7-8)-c7ccccc7C9(C)C)c7c(-c8ccccc8)cccc7-c7ccccc7)cc5C6(C)C)ccc3-4)cc21. The second-order valence-electron chi connectivity index (χ2n) is 36.0. The van der Waals surface area contributed by atoms with Gasteiger partial charge in [-0.25, -0.2) is 0 Å². The average molecular weight is 1480 g/mol. The van der Waals surface area contributed by atoms with Gasteiger partial charge in [0.25, 0.3) is 0 Å². The van der Waals surface area contributed by atoms with Gasteiger partial charge in [-0.2, -0.15) is 0 Å². The molecule has 0 aliphatic heterocycles. The van der Waals surface area contributed by atoms with Gasteiger partial charge < -0.3 is 13.7 Å². The summed E-state index contributed by atoms with van der Waals surface area (Å²) in [7, 11) is 0. The molecule has 16 aromatic rings. The third kappa shape index (κ3) is 10.2. The van der Waals surface area contributed by atoms with Gasteiger partial charge in [0.2, 0.25) is 0 Å². The lowest BCUT2D eigenvalue weighted by Gasteiger charge is -2.33. The summed E-state index contributed by atoms with van der Waals surface area (Å²) in [6.07, 6.45) is 15.4. The Morgan fingerprint density at radius 3 is 1.28 bits per heavy atom. The molecule has 2 aromatic heterocycles. The van der Waals surface area contributed by atoms with Crippen LogP contribution in [0.3, 0.4) is 0 Å². The molecule has 0 bridgehead atoms. The first kappa shape index (κ1) is 70.4. The number of rotatable bonds is 19. The Bertz CT molecular complexity index is 6570. The Hall–Kier alpha value is -11.5. The first-order chi connectivity index (χ1) is 55.5. The maximum atomic E-state index is 7.33. The van der Waals surface area contributed by atoms with E-state index in [9.17, 15) is 0 Å². The van der Waals surface area contributed by atoms with Crippen molar-refractivity contribution in [3.63, 3.8) is 0 Å². The zero-order valence-electron chi connectivity index (χ0n) is 67.7. The van der Waals surface area contributed by atoms with Gasteiger partial charge in [0, 0.05) is 82.2 Å². The molecule has 21 rings (SSSR count). The zero-order chi connectivity index (χ0) is 77.3. The summed E-state index contributed by atoms with van der Waals surface area (Å²) in [5.74, 6) is 0. The van der Waals surface area contributed by atoms with E-state index in [0.29, 0.717) is 0 Å². The fraction of sp³-hybridized carbons (Fsp3) is 0.243. The Kier molecular flexibility index (Phi) is 16.2. The highest BCUT2D eigenvalue weighted by molar-refractivity contribution is 6.22. The van der Waals surface area contributed by atoms with Crippen molar-refractivity contribution in [2.24, 2.45) is 0 Å². The molecule has 0 fully saturated rings. The van der Waals surface area contributed by atoms with Crippen molar-refractivity contribution >= 4 is 60.9 Å². The molecule has 3 nitrogen and oxygen atoms in total. The molecule has 14 aromatic carbocycles. The maximum Gasteiger partial charge on any atom is 0.144 e. The molecule has 0 N–H and O–H groups in total. The molecule has 0 saturated heterocycles. The van der Waals surface area contributed by atoms with Crippen molar-refractivity contribution in [1.29, 1.82) is 0 Å². The Morgan fingerprint density at radius 2 is 0.675 bits per heavy atom. The molecular weight excluding hydrogens is 1380 g/mol. The number of fused-ring (bicyclic) bond motifs is 25. The highest BCUT2D eigenvalue weighted by Crippen LogP contribution is 2.66. The van der Waals surface area contributed by atoms with Gasteiger partial charge in [-0.15, -0.1) is 0 Å². The summed E-state index contributed by atoms with van der Waals surface area (Å²) < 4.78 is 14.6. The molecule has 114 heavy (non-hydrogen) atoms. The van der Waals surface area contributed by atoms with E-state index in [4.69, 9.17) is 8.83 Å². The smallest absolute Gasteiger partial charge is 0.144 e. The lowest BCUT2D eigenvalue weighted by molar-refractivity contribution is 0.399. The predicted molar refractivity (Wildman–Crippen MR) is 481 cm³/mol. The minimum atomic E-state index is -0.453. The molecule has 5 aliphatic rings. The van der Waals surface area contributed by atoms with E-state index in [2.05, 4.69) is 347 Å². The van der Waals surface area contributed by atoms with E-state index < -0.39 is 10.8 Å². The van der Waals surface area contributed by atoms with Crippen LogP contribution in [0, 0.1) is 0 Å². The zero-order valence-corrected chi connectivity index (χ0v) is 67.7. The molecule has 0 radical (unpaired) electrons. The predicted octanol–water partition coefficient (Wildman–Crippen LogP) is 31.8. The second kappa shape index (κ2) is 26.3. The lowest BCUT2D eigenvalue weighted by Crippen LogP contribution is -2.25. The fourth-order valence-corrected chi connectivity index (χ4v) is 22.4. The van der Waals surface area contributed by atoms with Crippen molar-refractivity contribution in [2.75, 3.05) is 4.90 Å². The standard InChI is InChI=1S/C111H99NO2/c1-11-13-15-17-33-60-111(61-34-18-16-14-12-2)88-47-30-25-40-77(88)80-56-51-71(63-93(80)111)70-50-55-78-79-57-52-72(64-90(79)107(3,4)89(78)62-70)86-67-94-97(99-84-42-27-31-48-95(84)113-105(86)99)82-58-53-73(65-91(82)108(94,5)6)112(104-75(68-36-21-19-22-37-68)44-35-45-76(104)69-38-23-20-24-39-69)74-54-59-83-92(66-74)110(9,10)103-101(83)106-100(85-43-28-32-49-96(85)114-106)98-81-41-26-29-46-87(81)109(7,8)102(98)103/h19-32,35-59,62-67H,11-18,33-34,60-61H2,1-10H3. The Balaban J connectivity index is 0.697. The first-order valence-corrected chi connectivity index (χ1v) is 42.5. The van der Waals surface area contributed by atoms with E-state index in [0.717, 1.165) is 78.0 Å². The van der Waals surface area contributed by atoms with Gasteiger partial charge in [-0.1, -0.05) is 346 Å². The topological polar surface area (TPSA) is 29.5 Å². The fourth-order valence-electron chi connectivity index (χ4n) is 22.4. The lowest BCUT2D eigenvalue weighted by atomic mass is 9.70. The van der Waals surface area contributed by atoms with E-state index >= 15 is 0 Å². The summed E-state index contributed by atoms with van der Waals surface area (Å²) in [6, 6.07) is 105. The highest BCUT2D eigenvalue weighted by Gasteiger charge is 2.50. The van der Waals surface area contributed by atoms with Crippen LogP contribution >= 0.6 is 0 Å². The molecule has 5 aliphatic carbocycles. The van der Waals surface area contributed by atoms with Crippen LogP contribution in [0.25, 0.3) is 144 Å². The van der Waals surface area contributed by atoms with Crippen LogP contribution in [-0.4, -0.2) is 0 Å². The quantitative estimate of drug-likeness (QED) is 0.0756. The van der Waals surface area contributed by atoms with Gasteiger partial charge in [0.15, 0.2) is 0 Å². The summed E-state index contributed by atoms with van der Waals surface area (Å²) >= 11 is 0. The number of unbranched alkanes of at least 4 members (excludes halogenated alkanes) is 8. The van der Waals surface area contributed by atoms with Crippen LogP contribution in [0.4, 0.5) is 17.1 Å². The van der Waals surface area contributed by atoms with Crippen LogP contribution in [-0.2, 0) is 27.1 Å². The number of hydrogen-bond acceptors (Lipinski definition) is 3. The van der Waals surface area contributed by atoms with Gasteiger partial charge >= 0.3 is 0 Å². The summed E-state index contributed by atoms with van der Waals surface area (Å²) in [4.78, 5) is 2.61. The van der Waals surface area contributed by atoms with E-state index in [1.807, 2.05) is 0 Å². The van der Waals surface area contributed by atoms with E-state index in [1.165, 1.54) is 205 Å². The summed E-state index contributed by atoms with van der Waals surface area (Å²) in [5.41, 5.74) is 42.1. The summed E-state index contributed by atoms with van der Waals surface area (Å²) in [5, 5.41) is 4.69. The number of furan rings is 2. The Labute approximate surface area is 672 Å². The van der Waals surface area contributed by atoms with E-state index in [-0.39, 0.29) is 16.2 Å². The third-order valence-electron chi connectivity index (χ3n) is 28.1. The van der Waals surface area contributed by atoms with Crippen LogP contribution < -0.4 is 4.90 Å². The number of hydrogen-bond donors (Lipinski definition) is 0. The van der Waals surface area contributed by atoms with Crippen LogP contribution in [0.15, 0.2) is 282 Å². The van der Waals surface area contributed by atoms with Gasteiger partial charge in [-0.05, 0) is 207 Å². The summed E-state index contributed by atoms with van der Waals surface area (Å²) in [6.45, 7) is 24.3. The molecule has 3 heteroatoms. The van der Waals surface area contributed by atoms with Crippen LogP contribution in [0.2, 0.25) is 0 Å². The third-order valence-corrected chi connectivity index (χ3v) is 28.1. The van der Waals surface area contributed by atoms with Gasteiger partial charge in [0.1, 0.15) is 22.3 Å². The van der Waals surface area contributed by atoms with E-state index in [1.54, 1.807) is 11.1 Å². The second-order valence-corrected chi connectivity index (χ2v) is 36.0. The number of nitrogens with zero attached hydrogens (tertiary/aromatic N) is 1. The van der Waals surface area contributed by atoms with Gasteiger partial charge in [-0.3, -0.25) is 0 Å². The minimum Gasteiger partial charge on any atom is -0.455 e. The van der Waals surface area contributed by atoms with Gasteiger partial charge in [0.05, 0.1) is 5.69 Å². The largest absolute Gasteiger partial charge is 0.455 e. The molecular formula is C111H99NO2. The maximum absolute atomic E-state index is 7.33. The number of anilines is 3. The van der Waals surface area contributed by atoms with Crippen molar-refractivity contribution in [3.05, 3.63) is 329 Å². The molecule has 0 saturated carbocycles. The number of benzene rings is 14. The van der Waals surface area contributed by atoms with Crippen molar-refractivity contribution in [2.45, 2.75) is 173 Å². The molecule has 0 unspecified atom stereocenters. The first-order valence-electron chi connectivity index (χ1n) is 42.5. The molecule has 2 heterocycles. The van der Waals surface area contributed by atoms with Crippen LogP contribution in [0.5, 0.6) is 0 Å². The van der Waals surface area contributed by atoms with Crippen molar-refractivity contribution in [1.82, 2.24) is 0 Å². The normalized spacial score (nSPS) is 15.4.